The van der Waals surface area contributed by atoms with E-state index >= 15 is 0 Å². The van der Waals surface area contributed by atoms with Gasteiger partial charge in [-0.3, -0.25) is 0 Å². The highest BCUT2D eigenvalue weighted by Crippen LogP contribution is 2.40. The van der Waals surface area contributed by atoms with Crippen molar-refractivity contribution in [3.05, 3.63) is 23.3 Å². The molecule has 2 fully saturated rings. The van der Waals surface area contributed by atoms with E-state index in [0.717, 1.165) is 54.6 Å². The van der Waals surface area contributed by atoms with Crippen molar-refractivity contribution in [1.29, 1.82) is 0 Å². The maximum absolute atomic E-state index is 6.17. The summed E-state index contributed by atoms with van der Waals surface area (Å²) >= 11 is 0. The number of likely N-dealkylation sites (tertiary alicyclic amines) is 1. The van der Waals surface area contributed by atoms with Crippen molar-refractivity contribution in [1.82, 2.24) is 9.88 Å². The van der Waals surface area contributed by atoms with E-state index in [1.54, 1.807) is 7.11 Å². The summed E-state index contributed by atoms with van der Waals surface area (Å²) in [6, 6.07) is 4.74. The first-order valence-electron chi connectivity index (χ1n) is 11.9. The van der Waals surface area contributed by atoms with Crippen LogP contribution in [-0.2, 0) is 12.8 Å². The van der Waals surface area contributed by atoms with Gasteiger partial charge in [-0.2, -0.15) is 0 Å². The van der Waals surface area contributed by atoms with Crippen molar-refractivity contribution in [2.24, 2.45) is 5.92 Å². The fourth-order valence-corrected chi connectivity index (χ4v) is 5.17. The van der Waals surface area contributed by atoms with Gasteiger partial charge in [-0.15, -0.1) is 0 Å². The molecule has 0 spiro atoms. The van der Waals surface area contributed by atoms with E-state index in [4.69, 9.17) is 14.5 Å². The first-order valence-corrected chi connectivity index (χ1v) is 11.9. The average molecular weight is 410 g/mol. The van der Waals surface area contributed by atoms with Crippen LogP contribution >= 0.6 is 0 Å². The van der Waals surface area contributed by atoms with E-state index in [1.165, 1.54) is 61.7 Å². The molecule has 30 heavy (non-hydrogen) atoms. The minimum absolute atomic E-state index is 0.499. The summed E-state index contributed by atoms with van der Waals surface area (Å²) in [5.41, 5.74) is 3.89. The van der Waals surface area contributed by atoms with E-state index in [-0.39, 0.29) is 0 Å². The van der Waals surface area contributed by atoms with E-state index in [9.17, 15) is 0 Å². The fraction of sp³-hybridized carbons (Fsp3) is 0.640. The second kappa shape index (κ2) is 8.62. The third-order valence-electron chi connectivity index (χ3n) is 7.11. The van der Waals surface area contributed by atoms with Gasteiger partial charge in [-0.1, -0.05) is 0 Å². The van der Waals surface area contributed by atoms with Crippen LogP contribution in [0.15, 0.2) is 12.1 Å². The molecule has 1 atom stereocenters. The Balaban J connectivity index is 1.38. The number of nitrogens with one attached hydrogen (secondary N) is 1. The summed E-state index contributed by atoms with van der Waals surface area (Å²) in [7, 11) is 1.74. The van der Waals surface area contributed by atoms with Gasteiger partial charge in [0.05, 0.1) is 19.2 Å². The molecule has 0 amide bonds. The SMILES string of the molecule is COc1cc2c3c(c(NC(C)C4CC4)nc2cc1OCCCN1CCCC1)CCC3. The molecule has 2 aromatic rings. The molecule has 1 unspecified atom stereocenters. The number of aromatic nitrogens is 1. The van der Waals surface area contributed by atoms with Crippen molar-refractivity contribution in [2.75, 3.05) is 38.7 Å². The Labute approximate surface area is 180 Å². The number of aryl methyl sites for hydroxylation is 1. The van der Waals surface area contributed by atoms with Gasteiger partial charge in [0.2, 0.25) is 0 Å². The molecule has 1 aliphatic heterocycles. The Morgan fingerprint density at radius 1 is 1.10 bits per heavy atom. The average Bonchev–Trinajstić information content (AvgIpc) is 3.26. The lowest BCUT2D eigenvalue weighted by Gasteiger charge is -2.19. The predicted molar refractivity (Wildman–Crippen MR) is 122 cm³/mol. The molecule has 1 saturated heterocycles. The fourth-order valence-electron chi connectivity index (χ4n) is 5.17. The van der Waals surface area contributed by atoms with Crippen LogP contribution in [0.2, 0.25) is 0 Å². The minimum Gasteiger partial charge on any atom is -0.493 e. The molecule has 5 heteroatoms. The van der Waals surface area contributed by atoms with Crippen molar-refractivity contribution >= 4 is 16.7 Å². The second-order valence-corrected chi connectivity index (χ2v) is 9.31. The smallest absolute Gasteiger partial charge is 0.163 e. The van der Waals surface area contributed by atoms with Crippen LogP contribution in [0.5, 0.6) is 11.5 Å². The third kappa shape index (κ3) is 4.09. The Morgan fingerprint density at radius 2 is 1.90 bits per heavy atom. The second-order valence-electron chi connectivity index (χ2n) is 9.31. The summed E-state index contributed by atoms with van der Waals surface area (Å²) in [6.07, 6.45) is 9.86. The molecule has 162 valence electrons. The molecule has 0 bridgehead atoms. The van der Waals surface area contributed by atoms with Gasteiger partial charge >= 0.3 is 0 Å². The van der Waals surface area contributed by atoms with Crippen LogP contribution in [0.4, 0.5) is 5.82 Å². The lowest BCUT2D eigenvalue weighted by molar-refractivity contribution is 0.254. The van der Waals surface area contributed by atoms with Gasteiger partial charge in [-0.05, 0) is 94.5 Å². The highest BCUT2D eigenvalue weighted by Gasteiger charge is 2.30. The van der Waals surface area contributed by atoms with Crippen LogP contribution in [0.25, 0.3) is 10.9 Å². The number of nitrogens with zero attached hydrogens (tertiary/aromatic N) is 2. The van der Waals surface area contributed by atoms with Crippen LogP contribution < -0.4 is 14.8 Å². The number of fused-ring (bicyclic) bond motifs is 3. The number of rotatable bonds is 9. The summed E-state index contributed by atoms with van der Waals surface area (Å²) < 4.78 is 11.9. The zero-order chi connectivity index (χ0) is 20.5. The molecule has 5 rings (SSSR count). The molecule has 3 aliphatic rings. The maximum Gasteiger partial charge on any atom is 0.163 e. The lowest BCUT2D eigenvalue weighted by Crippen LogP contribution is -2.22. The zero-order valence-electron chi connectivity index (χ0n) is 18.5. The predicted octanol–water partition coefficient (Wildman–Crippen LogP) is 4.81. The normalized spacial score (nSPS) is 19.8. The topological polar surface area (TPSA) is 46.6 Å². The van der Waals surface area contributed by atoms with Crippen LogP contribution in [-0.4, -0.2) is 49.3 Å². The summed E-state index contributed by atoms with van der Waals surface area (Å²) in [5, 5.41) is 4.97. The molecule has 1 aromatic heterocycles. The Kier molecular flexibility index (Phi) is 5.72. The van der Waals surface area contributed by atoms with Crippen LogP contribution in [0.1, 0.15) is 56.6 Å². The highest BCUT2D eigenvalue weighted by atomic mass is 16.5. The minimum atomic E-state index is 0.499. The van der Waals surface area contributed by atoms with Gasteiger partial charge in [0.15, 0.2) is 11.5 Å². The first-order chi connectivity index (χ1) is 14.7. The molecular weight excluding hydrogens is 374 g/mol. The van der Waals surface area contributed by atoms with Crippen LogP contribution in [0, 0.1) is 5.92 Å². The zero-order valence-corrected chi connectivity index (χ0v) is 18.5. The van der Waals surface area contributed by atoms with Crippen molar-refractivity contribution in [3.8, 4) is 11.5 Å². The monoisotopic (exact) mass is 409 g/mol. The Bertz CT molecular complexity index is 903. The molecule has 0 radical (unpaired) electrons. The summed E-state index contributed by atoms with van der Waals surface area (Å²) in [6.45, 7) is 6.61. The number of pyridine rings is 1. The summed E-state index contributed by atoms with van der Waals surface area (Å²) in [4.78, 5) is 7.60. The van der Waals surface area contributed by atoms with Gasteiger partial charge < -0.3 is 19.7 Å². The Hall–Kier alpha value is -2.01. The number of benzene rings is 1. The van der Waals surface area contributed by atoms with E-state index < -0.39 is 0 Å². The van der Waals surface area contributed by atoms with E-state index in [0.29, 0.717) is 12.6 Å². The maximum atomic E-state index is 6.17. The highest BCUT2D eigenvalue weighted by molar-refractivity contribution is 5.89. The molecule has 1 N–H and O–H groups in total. The molecule has 2 heterocycles. The van der Waals surface area contributed by atoms with Crippen molar-refractivity contribution in [2.45, 2.75) is 64.3 Å². The molecule has 2 aliphatic carbocycles. The first kappa shape index (κ1) is 19.9. The van der Waals surface area contributed by atoms with E-state index in [1.807, 2.05) is 0 Å². The van der Waals surface area contributed by atoms with Gasteiger partial charge in [-0.25, -0.2) is 4.98 Å². The number of hydrogen-bond acceptors (Lipinski definition) is 5. The number of methoxy groups -OCH3 is 1. The molecule has 1 aromatic carbocycles. The van der Waals surface area contributed by atoms with Crippen molar-refractivity contribution in [3.63, 3.8) is 0 Å². The summed E-state index contributed by atoms with van der Waals surface area (Å²) in [5.74, 6) is 3.55. The number of ether oxygens (including phenoxy) is 2. The molecule has 1 saturated carbocycles. The molecule has 5 nitrogen and oxygen atoms in total. The lowest BCUT2D eigenvalue weighted by atomic mass is 10.0. The Morgan fingerprint density at radius 3 is 2.67 bits per heavy atom. The van der Waals surface area contributed by atoms with Gasteiger partial charge in [0.25, 0.3) is 0 Å². The quantitative estimate of drug-likeness (QED) is 0.603. The van der Waals surface area contributed by atoms with E-state index in [2.05, 4.69) is 29.3 Å². The number of hydrogen-bond donors (Lipinski definition) is 1. The van der Waals surface area contributed by atoms with Gasteiger partial charge in [0, 0.05) is 24.0 Å². The van der Waals surface area contributed by atoms with Crippen LogP contribution in [0.3, 0.4) is 0 Å². The van der Waals surface area contributed by atoms with Crippen molar-refractivity contribution < 1.29 is 9.47 Å². The third-order valence-corrected chi connectivity index (χ3v) is 7.11. The van der Waals surface area contributed by atoms with Gasteiger partial charge in [0.1, 0.15) is 5.82 Å². The number of anilines is 1. The largest absolute Gasteiger partial charge is 0.493 e. The molecular formula is C25H35N3O2. The standard InChI is InChI=1S/C25H35N3O2/c1-17(18-9-10-18)26-25-20-8-5-7-19(20)21-15-23(29-2)24(16-22(21)27-25)30-14-6-13-28-11-3-4-12-28/h15-18H,3-14H2,1-2H3,(H,26,27).